The lowest BCUT2D eigenvalue weighted by atomic mass is 9.77. The molecule has 2 aliphatic rings. The predicted octanol–water partition coefficient (Wildman–Crippen LogP) is 7.46. The summed E-state index contributed by atoms with van der Waals surface area (Å²) in [4.78, 5) is 25.2. The molecule has 174 valence electrons. The van der Waals surface area contributed by atoms with E-state index in [1.165, 1.54) is 24.3 Å². The Balaban J connectivity index is 2.02. The number of carboxylic acids is 1. The van der Waals surface area contributed by atoms with Crippen LogP contribution in [0.2, 0.25) is 25.1 Å². The normalized spacial score (nSPS) is 17.5. The summed E-state index contributed by atoms with van der Waals surface area (Å²) < 4.78 is 16.5. The molecule has 1 atom stereocenters. The molecule has 0 saturated heterocycles. The van der Waals surface area contributed by atoms with Gasteiger partial charge in [-0.25, -0.2) is 9.59 Å². The van der Waals surface area contributed by atoms with Crippen molar-refractivity contribution < 1.29 is 33.6 Å². The van der Waals surface area contributed by atoms with Gasteiger partial charge in [0.05, 0.1) is 36.8 Å². The highest BCUT2D eigenvalue weighted by Crippen LogP contribution is 2.63. The van der Waals surface area contributed by atoms with E-state index < -0.39 is 33.1 Å². The fourth-order valence-electron chi connectivity index (χ4n) is 4.16. The smallest absolute Gasteiger partial charge is 0.341 e. The molecule has 34 heavy (non-hydrogen) atoms. The van der Waals surface area contributed by atoms with Gasteiger partial charge in [0.25, 0.3) is 0 Å². The van der Waals surface area contributed by atoms with Crippen LogP contribution in [0.5, 0.6) is 23.0 Å². The number of hydrogen-bond acceptors (Lipinski definition) is 6. The van der Waals surface area contributed by atoms with Crippen LogP contribution in [0.3, 0.4) is 0 Å². The van der Waals surface area contributed by atoms with E-state index in [4.69, 9.17) is 83.6 Å². The minimum absolute atomic E-state index is 0.00134. The molecule has 7 nitrogen and oxygen atoms in total. The van der Waals surface area contributed by atoms with Crippen molar-refractivity contribution in [2.75, 3.05) is 0 Å². The van der Waals surface area contributed by atoms with Gasteiger partial charge in [-0.2, -0.15) is 0 Å². The Hall–Kier alpha value is -2.26. The molecule has 0 amide bonds. The number of benzene rings is 3. The summed E-state index contributed by atoms with van der Waals surface area (Å²) in [6, 6.07) is 5.22. The van der Waals surface area contributed by atoms with Crippen molar-refractivity contribution in [2.45, 2.75) is 5.60 Å². The van der Waals surface area contributed by atoms with Gasteiger partial charge in [0, 0.05) is 23.3 Å². The van der Waals surface area contributed by atoms with Crippen LogP contribution in [0, 0.1) is 0 Å². The molecule has 2 N–H and O–H groups in total. The summed E-state index contributed by atoms with van der Waals surface area (Å²) in [7, 11) is 0. The summed E-state index contributed by atoms with van der Waals surface area (Å²) in [6.07, 6.45) is 0. The monoisotopic (exact) mass is 580 g/mol. The van der Waals surface area contributed by atoms with Gasteiger partial charge in [0.2, 0.25) is 0 Å². The van der Waals surface area contributed by atoms with E-state index in [-0.39, 0.29) is 60.3 Å². The third kappa shape index (κ3) is 2.92. The molecule has 0 bridgehead atoms. The third-order valence-corrected chi connectivity index (χ3v) is 7.72. The second-order valence-corrected chi connectivity index (χ2v) is 9.22. The van der Waals surface area contributed by atoms with Crippen LogP contribution in [0.4, 0.5) is 0 Å². The van der Waals surface area contributed by atoms with Crippen LogP contribution < -0.4 is 9.03 Å². The van der Waals surface area contributed by atoms with Gasteiger partial charge in [0.1, 0.15) is 34.1 Å². The fourth-order valence-corrected chi connectivity index (χ4v) is 5.82. The molecule has 3 aromatic carbocycles. The summed E-state index contributed by atoms with van der Waals surface area (Å²) >= 11 is 37.5. The van der Waals surface area contributed by atoms with E-state index in [0.29, 0.717) is 0 Å². The number of carbonyl (C=O) groups is 2. The third-order valence-electron chi connectivity index (χ3n) is 5.47. The minimum Gasteiger partial charge on any atom is -0.508 e. The number of halogens is 6. The number of fused-ring (bicyclic) bond motifs is 6. The molecular formula is C21H6Cl6O7. The number of aromatic carboxylic acids is 1. The molecule has 0 aromatic heterocycles. The predicted molar refractivity (Wildman–Crippen MR) is 125 cm³/mol. The number of esters is 1. The summed E-state index contributed by atoms with van der Waals surface area (Å²) in [6.45, 7) is 0. The van der Waals surface area contributed by atoms with Gasteiger partial charge in [-0.3, -0.25) is 0 Å². The minimum atomic E-state index is -1.98. The van der Waals surface area contributed by atoms with Gasteiger partial charge in [-0.1, -0.05) is 58.0 Å². The second-order valence-electron chi connectivity index (χ2n) is 7.18. The molecule has 13 heteroatoms. The Kier molecular flexibility index (Phi) is 5.44. The summed E-state index contributed by atoms with van der Waals surface area (Å²) in [5.74, 6) is -2.71. The molecule has 1 spiro atoms. The average Bonchev–Trinajstić information content (AvgIpc) is 3.07. The maximum Gasteiger partial charge on any atom is 0.341 e. The average molecular weight is 583 g/mol. The Morgan fingerprint density at radius 3 is 2.26 bits per heavy atom. The maximum atomic E-state index is 13.2. The molecule has 2 heterocycles. The van der Waals surface area contributed by atoms with E-state index in [1.807, 2.05) is 0 Å². The van der Waals surface area contributed by atoms with Crippen LogP contribution in [-0.2, 0) is 10.3 Å². The molecule has 0 fully saturated rings. The van der Waals surface area contributed by atoms with Crippen molar-refractivity contribution in [1.29, 1.82) is 0 Å². The topological polar surface area (TPSA) is 102 Å². The van der Waals surface area contributed by atoms with Crippen molar-refractivity contribution in [3.63, 3.8) is 0 Å². The zero-order chi connectivity index (χ0) is 24.7. The lowest BCUT2D eigenvalue weighted by molar-refractivity contribution is 0.0225. The summed E-state index contributed by atoms with van der Waals surface area (Å²) in [5, 5.41) is 18.2. The number of phenolic OH excluding ortho intramolecular Hbond substituents is 1. The van der Waals surface area contributed by atoms with Crippen LogP contribution in [0.25, 0.3) is 0 Å². The second kappa shape index (κ2) is 7.88. The van der Waals surface area contributed by atoms with Crippen molar-refractivity contribution in [3.8, 4) is 23.0 Å². The highest BCUT2D eigenvalue weighted by molar-refractivity contribution is 6.48. The summed E-state index contributed by atoms with van der Waals surface area (Å²) in [5.41, 5.74) is -2.79. The Bertz CT molecular complexity index is 1470. The van der Waals surface area contributed by atoms with Crippen molar-refractivity contribution in [3.05, 3.63) is 77.2 Å². The lowest BCUT2D eigenvalue weighted by Crippen LogP contribution is -2.34. The van der Waals surface area contributed by atoms with E-state index >= 15 is 0 Å². The van der Waals surface area contributed by atoms with Gasteiger partial charge >= 0.3 is 11.9 Å². The molecule has 2 aliphatic heterocycles. The largest absolute Gasteiger partial charge is 0.508 e. The molecule has 0 radical (unpaired) electrons. The SMILES string of the molecule is O=C(O)c1c(Cl)c(Cl)c2c(c1Cl)C1(OC2=O)c2ccc(O)cc2Oc2cc(OCl)c(Cl)c(Cl)c21. The van der Waals surface area contributed by atoms with E-state index in [2.05, 4.69) is 0 Å². The van der Waals surface area contributed by atoms with Crippen LogP contribution >= 0.6 is 69.9 Å². The van der Waals surface area contributed by atoms with Crippen molar-refractivity contribution in [2.24, 2.45) is 0 Å². The van der Waals surface area contributed by atoms with Crippen LogP contribution in [0.15, 0.2) is 24.3 Å². The van der Waals surface area contributed by atoms with Gasteiger partial charge < -0.3 is 24.0 Å². The molecule has 1 unspecified atom stereocenters. The zero-order valence-corrected chi connectivity index (χ0v) is 20.5. The molecule has 0 saturated carbocycles. The first-order valence-corrected chi connectivity index (χ1v) is 11.2. The van der Waals surface area contributed by atoms with Gasteiger partial charge in [-0.05, 0) is 12.1 Å². The number of rotatable bonds is 2. The number of hydrogen-bond donors (Lipinski definition) is 2. The Morgan fingerprint density at radius 1 is 0.912 bits per heavy atom. The van der Waals surface area contributed by atoms with E-state index in [1.54, 1.807) is 0 Å². The van der Waals surface area contributed by atoms with Crippen LogP contribution in [-0.4, -0.2) is 22.2 Å². The number of phenols is 1. The first kappa shape index (κ1) is 23.5. The fraction of sp³-hybridized carbons (Fsp3) is 0.0476. The number of ether oxygens (including phenoxy) is 2. The first-order valence-electron chi connectivity index (χ1n) is 9.04. The lowest BCUT2D eigenvalue weighted by Gasteiger charge is -2.37. The standard InChI is InChI=1S/C21H6Cl6O7/c22-14-9(34-27)4-8-12(18(14)26)21(6-2-1-5(28)3-7(6)32-8)13-10(20(31)33-21)16(24)17(25)11(15(13)23)19(29)30/h1-4,28H,(H,29,30). The highest BCUT2D eigenvalue weighted by Gasteiger charge is 2.58. The molecule has 0 aliphatic carbocycles. The van der Waals surface area contributed by atoms with Crippen molar-refractivity contribution in [1.82, 2.24) is 0 Å². The first-order chi connectivity index (χ1) is 16.0. The molecule has 3 aromatic rings. The van der Waals surface area contributed by atoms with Crippen molar-refractivity contribution >= 4 is 81.8 Å². The zero-order valence-electron chi connectivity index (χ0n) is 16.0. The van der Waals surface area contributed by atoms with E-state index in [9.17, 15) is 19.8 Å². The molecular weight excluding hydrogens is 577 g/mol. The van der Waals surface area contributed by atoms with E-state index in [0.717, 1.165) is 0 Å². The highest BCUT2D eigenvalue weighted by atomic mass is 35.5. The Labute approximate surface area is 220 Å². The van der Waals surface area contributed by atoms with Gasteiger partial charge in [0.15, 0.2) is 11.4 Å². The number of carbonyl (C=O) groups excluding carboxylic acids is 1. The van der Waals surface area contributed by atoms with Gasteiger partial charge in [-0.15, -0.1) is 0 Å². The Morgan fingerprint density at radius 2 is 1.62 bits per heavy atom. The van der Waals surface area contributed by atoms with Crippen LogP contribution in [0.1, 0.15) is 37.4 Å². The number of carboxylic acid groups (broad SMARTS) is 1. The number of aromatic hydroxyl groups is 1. The molecule has 5 rings (SSSR count). The quantitative estimate of drug-likeness (QED) is 0.239. The maximum absolute atomic E-state index is 13.2.